The molecular formula is C16H30N4O3. The largest absolute Gasteiger partial charge is 0.385 e. The van der Waals surface area contributed by atoms with Gasteiger partial charge in [-0.15, -0.1) is 0 Å². The Kier molecular flexibility index (Phi) is 6.65. The standard InChI is InChI=1S/C16H30N4O3/c1-12(6-11-23-3)17-16(22)20-9-7-19(8-10-20)13(2)15(21)18-14-4-5-14/h12-14H,4-11H2,1-3H3,(H,17,22)(H,18,21). The predicted octanol–water partition coefficient (Wildman–Crippen LogP) is 0.406. The first-order valence-corrected chi connectivity index (χ1v) is 8.60. The summed E-state index contributed by atoms with van der Waals surface area (Å²) >= 11 is 0. The normalized spacial score (nSPS) is 21.6. The van der Waals surface area contributed by atoms with E-state index in [-0.39, 0.29) is 24.0 Å². The van der Waals surface area contributed by atoms with Gasteiger partial charge in [0.2, 0.25) is 5.91 Å². The lowest BCUT2D eigenvalue weighted by Gasteiger charge is -2.37. The Hall–Kier alpha value is -1.34. The van der Waals surface area contributed by atoms with Crippen LogP contribution in [0.4, 0.5) is 4.79 Å². The third-order valence-electron chi connectivity index (χ3n) is 4.58. The molecular weight excluding hydrogens is 296 g/mol. The number of amides is 3. The molecule has 0 aromatic heterocycles. The molecule has 1 aliphatic carbocycles. The molecule has 1 saturated carbocycles. The van der Waals surface area contributed by atoms with Crippen LogP contribution in [0, 0.1) is 0 Å². The third-order valence-corrected chi connectivity index (χ3v) is 4.58. The van der Waals surface area contributed by atoms with Crippen LogP contribution in [0.3, 0.4) is 0 Å². The van der Waals surface area contributed by atoms with E-state index < -0.39 is 0 Å². The molecule has 1 saturated heterocycles. The second-order valence-electron chi connectivity index (χ2n) is 6.61. The highest BCUT2D eigenvalue weighted by atomic mass is 16.5. The molecule has 2 N–H and O–H groups in total. The summed E-state index contributed by atoms with van der Waals surface area (Å²) in [5.41, 5.74) is 0. The quantitative estimate of drug-likeness (QED) is 0.710. The van der Waals surface area contributed by atoms with Crippen molar-refractivity contribution in [3.8, 4) is 0 Å². The van der Waals surface area contributed by atoms with Gasteiger partial charge in [0.05, 0.1) is 6.04 Å². The summed E-state index contributed by atoms with van der Waals surface area (Å²) in [6.07, 6.45) is 3.02. The zero-order valence-corrected chi connectivity index (χ0v) is 14.5. The van der Waals surface area contributed by atoms with Crippen LogP contribution in [0.25, 0.3) is 0 Å². The predicted molar refractivity (Wildman–Crippen MR) is 88.3 cm³/mol. The third kappa shape index (κ3) is 5.66. The fraction of sp³-hybridized carbons (Fsp3) is 0.875. The maximum atomic E-state index is 12.2. The molecule has 2 aliphatic rings. The lowest BCUT2D eigenvalue weighted by atomic mass is 10.2. The molecule has 0 aromatic rings. The van der Waals surface area contributed by atoms with Gasteiger partial charge in [-0.05, 0) is 33.1 Å². The Morgan fingerprint density at radius 3 is 2.39 bits per heavy atom. The van der Waals surface area contributed by atoms with Crippen LogP contribution in [0.2, 0.25) is 0 Å². The second-order valence-corrected chi connectivity index (χ2v) is 6.61. The molecule has 2 atom stereocenters. The van der Waals surface area contributed by atoms with Gasteiger partial charge in [0.1, 0.15) is 0 Å². The second kappa shape index (κ2) is 8.49. The Morgan fingerprint density at radius 2 is 1.83 bits per heavy atom. The highest BCUT2D eigenvalue weighted by Gasteiger charge is 2.30. The average Bonchev–Trinajstić information content (AvgIpc) is 3.36. The molecule has 23 heavy (non-hydrogen) atoms. The van der Waals surface area contributed by atoms with Crippen LogP contribution in [-0.2, 0) is 9.53 Å². The molecule has 3 amide bonds. The first kappa shape index (κ1) is 18.0. The zero-order chi connectivity index (χ0) is 16.8. The van der Waals surface area contributed by atoms with Crippen molar-refractivity contribution in [2.45, 2.75) is 51.2 Å². The van der Waals surface area contributed by atoms with E-state index in [1.165, 1.54) is 0 Å². The molecule has 0 radical (unpaired) electrons. The van der Waals surface area contributed by atoms with Crippen LogP contribution < -0.4 is 10.6 Å². The number of rotatable bonds is 7. The molecule has 2 fully saturated rings. The number of nitrogens with one attached hydrogen (secondary N) is 2. The molecule has 7 heteroatoms. The smallest absolute Gasteiger partial charge is 0.317 e. The molecule has 132 valence electrons. The number of urea groups is 1. The van der Waals surface area contributed by atoms with Crippen molar-refractivity contribution in [1.82, 2.24) is 20.4 Å². The molecule has 7 nitrogen and oxygen atoms in total. The maximum Gasteiger partial charge on any atom is 0.317 e. The van der Waals surface area contributed by atoms with E-state index in [9.17, 15) is 9.59 Å². The van der Waals surface area contributed by atoms with E-state index in [4.69, 9.17) is 4.74 Å². The first-order chi connectivity index (χ1) is 11.0. The van der Waals surface area contributed by atoms with Crippen molar-refractivity contribution in [1.29, 1.82) is 0 Å². The molecule has 1 aliphatic heterocycles. The lowest BCUT2D eigenvalue weighted by Crippen LogP contribution is -2.57. The molecule has 1 heterocycles. The minimum absolute atomic E-state index is 0.0247. The van der Waals surface area contributed by atoms with E-state index in [0.29, 0.717) is 25.7 Å². The molecule has 2 rings (SSSR count). The summed E-state index contributed by atoms with van der Waals surface area (Å²) in [5.74, 6) is 0.110. The molecule has 2 unspecified atom stereocenters. The van der Waals surface area contributed by atoms with Crippen LogP contribution in [0.1, 0.15) is 33.1 Å². The number of hydrogen-bond acceptors (Lipinski definition) is 4. The van der Waals surface area contributed by atoms with E-state index in [1.54, 1.807) is 7.11 Å². The Balaban J connectivity index is 1.69. The van der Waals surface area contributed by atoms with Gasteiger partial charge >= 0.3 is 6.03 Å². The molecule has 0 spiro atoms. The summed E-state index contributed by atoms with van der Waals surface area (Å²) in [6, 6.07) is 0.346. The highest BCUT2D eigenvalue weighted by Crippen LogP contribution is 2.19. The first-order valence-electron chi connectivity index (χ1n) is 8.60. The van der Waals surface area contributed by atoms with Gasteiger partial charge in [0, 0.05) is 52.0 Å². The van der Waals surface area contributed by atoms with Crippen LogP contribution >= 0.6 is 0 Å². The SMILES string of the molecule is COCCC(C)NC(=O)N1CCN(C(C)C(=O)NC2CC2)CC1. The van der Waals surface area contributed by atoms with Crippen molar-refractivity contribution in [2.75, 3.05) is 39.9 Å². The number of carbonyl (C=O) groups excluding carboxylic acids is 2. The number of carbonyl (C=O) groups is 2. The zero-order valence-electron chi connectivity index (χ0n) is 14.5. The summed E-state index contributed by atoms with van der Waals surface area (Å²) in [6.45, 7) is 7.35. The summed E-state index contributed by atoms with van der Waals surface area (Å²) in [4.78, 5) is 28.3. The molecule has 0 aromatic carbocycles. The number of methoxy groups -OCH3 is 1. The van der Waals surface area contributed by atoms with Crippen LogP contribution in [0.5, 0.6) is 0 Å². The fourth-order valence-corrected chi connectivity index (χ4v) is 2.70. The van der Waals surface area contributed by atoms with Crippen molar-refractivity contribution in [3.63, 3.8) is 0 Å². The molecule has 0 bridgehead atoms. The van der Waals surface area contributed by atoms with Gasteiger partial charge in [-0.3, -0.25) is 9.69 Å². The Bertz CT molecular complexity index is 406. The summed E-state index contributed by atoms with van der Waals surface area (Å²) in [5, 5.41) is 6.04. The van der Waals surface area contributed by atoms with Gasteiger partial charge in [-0.1, -0.05) is 0 Å². The van der Waals surface area contributed by atoms with Crippen molar-refractivity contribution < 1.29 is 14.3 Å². The maximum absolute atomic E-state index is 12.2. The van der Waals surface area contributed by atoms with Crippen LogP contribution in [-0.4, -0.2) is 79.8 Å². The topological polar surface area (TPSA) is 73.9 Å². The van der Waals surface area contributed by atoms with Gasteiger partial charge in [-0.2, -0.15) is 0 Å². The van der Waals surface area contributed by atoms with Crippen molar-refractivity contribution in [3.05, 3.63) is 0 Å². The lowest BCUT2D eigenvalue weighted by molar-refractivity contribution is -0.126. The Labute approximate surface area is 138 Å². The fourth-order valence-electron chi connectivity index (χ4n) is 2.70. The van der Waals surface area contributed by atoms with Gasteiger partial charge in [0.15, 0.2) is 0 Å². The van der Waals surface area contributed by atoms with E-state index in [1.807, 2.05) is 18.7 Å². The summed E-state index contributed by atoms with van der Waals surface area (Å²) < 4.78 is 5.02. The number of piperazine rings is 1. The van der Waals surface area contributed by atoms with E-state index >= 15 is 0 Å². The van der Waals surface area contributed by atoms with E-state index in [2.05, 4.69) is 15.5 Å². The number of hydrogen-bond donors (Lipinski definition) is 2. The Morgan fingerprint density at radius 1 is 1.17 bits per heavy atom. The minimum Gasteiger partial charge on any atom is -0.385 e. The monoisotopic (exact) mass is 326 g/mol. The van der Waals surface area contributed by atoms with E-state index in [0.717, 1.165) is 32.4 Å². The van der Waals surface area contributed by atoms with Gasteiger partial charge < -0.3 is 20.3 Å². The number of ether oxygens (including phenoxy) is 1. The van der Waals surface area contributed by atoms with Crippen LogP contribution in [0.15, 0.2) is 0 Å². The average molecular weight is 326 g/mol. The minimum atomic E-state index is -0.124. The van der Waals surface area contributed by atoms with Crippen molar-refractivity contribution in [2.24, 2.45) is 0 Å². The highest BCUT2D eigenvalue weighted by molar-refractivity contribution is 5.82. The van der Waals surface area contributed by atoms with Gasteiger partial charge in [0.25, 0.3) is 0 Å². The summed E-state index contributed by atoms with van der Waals surface area (Å²) in [7, 11) is 1.66. The van der Waals surface area contributed by atoms with Crippen molar-refractivity contribution >= 4 is 11.9 Å². The number of nitrogens with zero attached hydrogens (tertiary/aromatic N) is 2. The van der Waals surface area contributed by atoms with Gasteiger partial charge in [-0.25, -0.2) is 4.79 Å².